The number of hydrogen-bond acceptors (Lipinski definition) is 3. The molecule has 1 aromatic rings. The van der Waals surface area contributed by atoms with E-state index in [1.165, 1.54) is 19.3 Å². The summed E-state index contributed by atoms with van der Waals surface area (Å²) in [4.78, 5) is 6.83. The van der Waals surface area contributed by atoms with Crippen molar-refractivity contribution in [1.82, 2.24) is 9.88 Å². The van der Waals surface area contributed by atoms with Gasteiger partial charge in [-0.1, -0.05) is 32.8 Å². The predicted octanol–water partition coefficient (Wildman–Crippen LogP) is 2.85. The van der Waals surface area contributed by atoms with Gasteiger partial charge in [0.05, 0.1) is 0 Å². The van der Waals surface area contributed by atoms with Crippen molar-refractivity contribution in [3.05, 3.63) is 30.1 Å². The lowest BCUT2D eigenvalue weighted by Crippen LogP contribution is -2.52. The third-order valence-corrected chi connectivity index (χ3v) is 4.27. The van der Waals surface area contributed by atoms with Gasteiger partial charge in [-0.3, -0.25) is 9.88 Å². The summed E-state index contributed by atoms with van der Waals surface area (Å²) in [6, 6.07) is 6.11. The van der Waals surface area contributed by atoms with Crippen molar-refractivity contribution in [2.24, 2.45) is 5.73 Å². The number of rotatable bonds is 9. The van der Waals surface area contributed by atoms with E-state index in [0.29, 0.717) is 0 Å². The highest BCUT2D eigenvalue weighted by Gasteiger charge is 2.30. The standard InChI is InChI=1S/C16H29N3/c1-4-6-11-16(5-2,14-17)19(3)13-10-15-9-7-8-12-18-15/h7-9,12H,4-6,10-11,13-14,17H2,1-3H3. The molecule has 0 aromatic carbocycles. The molecule has 0 aliphatic heterocycles. The maximum absolute atomic E-state index is 6.07. The first-order chi connectivity index (χ1) is 9.18. The van der Waals surface area contributed by atoms with Crippen LogP contribution >= 0.6 is 0 Å². The van der Waals surface area contributed by atoms with Crippen molar-refractivity contribution in [3.8, 4) is 0 Å². The molecule has 0 bridgehead atoms. The molecule has 0 radical (unpaired) electrons. The van der Waals surface area contributed by atoms with Crippen molar-refractivity contribution < 1.29 is 0 Å². The summed E-state index contributed by atoms with van der Waals surface area (Å²) in [6.07, 6.45) is 7.64. The van der Waals surface area contributed by atoms with E-state index < -0.39 is 0 Å². The Labute approximate surface area is 118 Å². The third kappa shape index (κ3) is 4.59. The van der Waals surface area contributed by atoms with Crippen molar-refractivity contribution in [1.29, 1.82) is 0 Å². The lowest BCUT2D eigenvalue weighted by Gasteiger charge is -2.41. The van der Waals surface area contributed by atoms with E-state index in [0.717, 1.165) is 31.6 Å². The Morgan fingerprint density at radius 3 is 2.63 bits per heavy atom. The SMILES string of the molecule is CCCCC(CC)(CN)N(C)CCc1ccccn1. The minimum Gasteiger partial charge on any atom is -0.329 e. The summed E-state index contributed by atoms with van der Waals surface area (Å²) < 4.78 is 0. The molecular weight excluding hydrogens is 234 g/mol. The second kappa shape index (κ2) is 8.28. The van der Waals surface area contributed by atoms with Crippen LogP contribution in [-0.2, 0) is 6.42 Å². The first kappa shape index (κ1) is 16.1. The fourth-order valence-corrected chi connectivity index (χ4v) is 2.61. The molecule has 0 spiro atoms. The summed E-state index contributed by atoms with van der Waals surface area (Å²) in [5, 5.41) is 0. The first-order valence-electron chi connectivity index (χ1n) is 7.49. The van der Waals surface area contributed by atoms with E-state index in [4.69, 9.17) is 5.73 Å². The number of nitrogens with zero attached hydrogens (tertiary/aromatic N) is 2. The molecule has 1 unspecified atom stereocenters. The van der Waals surface area contributed by atoms with Crippen LogP contribution < -0.4 is 5.73 Å². The minimum absolute atomic E-state index is 0.158. The zero-order valence-corrected chi connectivity index (χ0v) is 12.7. The Morgan fingerprint density at radius 2 is 2.11 bits per heavy atom. The van der Waals surface area contributed by atoms with E-state index in [1.54, 1.807) is 0 Å². The van der Waals surface area contributed by atoms with Gasteiger partial charge in [-0.2, -0.15) is 0 Å². The van der Waals surface area contributed by atoms with Gasteiger partial charge in [0.1, 0.15) is 0 Å². The molecule has 1 heterocycles. The van der Waals surface area contributed by atoms with Gasteiger partial charge in [0.15, 0.2) is 0 Å². The smallest absolute Gasteiger partial charge is 0.0416 e. The maximum Gasteiger partial charge on any atom is 0.0416 e. The number of hydrogen-bond donors (Lipinski definition) is 1. The van der Waals surface area contributed by atoms with Crippen LogP contribution in [0, 0.1) is 0 Å². The molecule has 2 N–H and O–H groups in total. The average Bonchev–Trinajstić information content (AvgIpc) is 2.48. The molecule has 0 aliphatic carbocycles. The zero-order chi connectivity index (χ0) is 14.1. The van der Waals surface area contributed by atoms with Crippen molar-refractivity contribution in [3.63, 3.8) is 0 Å². The van der Waals surface area contributed by atoms with Gasteiger partial charge in [-0.15, -0.1) is 0 Å². The van der Waals surface area contributed by atoms with Crippen LogP contribution in [0.4, 0.5) is 0 Å². The zero-order valence-electron chi connectivity index (χ0n) is 12.7. The molecule has 0 amide bonds. The normalized spacial score (nSPS) is 14.6. The second-order valence-electron chi connectivity index (χ2n) is 5.38. The van der Waals surface area contributed by atoms with Crippen molar-refractivity contribution in [2.75, 3.05) is 20.1 Å². The largest absolute Gasteiger partial charge is 0.329 e. The van der Waals surface area contributed by atoms with Gasteiger partial charge in [0.2, 0.25) is 0 Å². The molecule has 1 rings (SSSR count). The lowest BCUT2D eigenvalue weighted by molar-refractivity contribution is 0.108. The number of likely N-dealkylation sites (N-methyl/N-ethyl adjacent to an activating group) is 1. The highest BCUT2D eigenvalue weighted by atomic mass is 15.2. The number of aromatic nitrogens is 1. The Kier molecular flexibility index (Phi) is 7.03. The summed E-state index contributed by atoms with van der Waals surface area (Å²) in [5.41, 5.74) is 7.39. The molecule has 0 saturated carbocycles. The number of unbranched alkanes of at least 4 members (excludes halogenated alkanes) is 1. The molecule has 1 aromatic heterocycles. The number of nitrogens with two attached hydrogens (primary N) is 1. The first-order valence-corrected chi connectivity index (χ1v) is 7.49. The van der Waals surface area contributed by atoms with Crippen molar-refractivity contribution in [2.45, 2.75) is 51.5 Å². The molecule has 108 valence electrons. The summed E-state index contributed by atoms with van der Waals surface area (Å²) >= 11 is 0. The predicted molar refractivity (Wildman–Crippen MR) is 82.2 cm³/mol. The summed E-state index contributed by atoms with van der Waals surface area (Å²) in [7, 11) is 2.20. The molecule has 0 fully saturated rings. The van der Waals surface area contributed by atoms with Crippen LogP contribution in [0.15, 0.2) is 24.4 Å². The van der Waals surface area contributed by atoms with Gasteiger partial charge in [-0.25, -0.2) is 0 Å². The van der Waals surface area contributed by atoms with E-state index in [9.17, 15) is 0 Å². The van der Waals surface area contributed by atoms with E-state index in [2.05, 4.69) is 42.9 Å². The van der Waals surface area contributed by atoms with Crippen LogP contribution in [0.25, 0.3) is 0 Å². The second-order valence-corrected chi connectivity index (χ2v) is 5.38. The monoisotopic (exact) mass is 263 g/mol. The maximum atomic E-state index is 6.07. The van der Waals surface area contributed by atoms with Crippen LogP contribution in [0.1, 0.15) is 45.2 Å². The molecule has 0 saturated heterocycles. The van der Waals surface area contributed by atoms with Crippen LogP contribution in [-0.4, -0.2) is 35.6 Å². The molecule has 3 heteroatoms. The van der Waals surface area contributed by atoms with E-state index >= 15 is 0 Å². The van der Waals surface area contributed by atoms with Crippen molar-refractivity contribution >= 4 is 0 Å². The average molecular weight is 263 g/mol. The Hall–Kier alpha value is -0.930. The Morgan fingerprint density at radius 1 is 1.32 bits per heavy atom. The highest BCUT2D eigenvalue weighted by Crippen LogP contribution is 2.24. The fraction of sp³-hybridized carbons (Fsp3) is 0.688. The summed E-state index contributed by atoms with van der Waals surface area (Å²) in [6.45, 7) is 6.25. The Bertz CT molecular complexity index is 333. The van der Waals surface area contributed by atoms with E-state index in [-0.39, 0.29) is 5.54 Å². The minimum atomic E-state index is 0.158. The number of pyridine rings is 1. The quantitative estimate of drug-likeness (QED) is 0.745. The summed E-state index contributed by atoms with van der Waals surface area (Å²) in [5.74, 6) is 0. The van der Waals surface area contributed by atoms with Gasteiger partial charge in [0.25, 0.3) is 0 Å². The van der Waals surface area contributed by atoms with Gasteiger partial charge < -0.3 is 5.73 Å². The highest BCUT2D eigenvalue weighted by molar-refractivity contribution is 5.04. The molecule has 0 aliphatic rings. The van der Waals surface area contributed by atoms with Crippen LogP contribution in [0.3, 0.4) is 0 Å². The molecular formula is C16H29N3. The fourth-order valence-electron chi connectivity index (χ4n) is 2.61. The topological polar surface area (TPSA) is 42.1 Å². The lowest BCUT2D eigenvalue weighted by atomic mass is 9.88. The molecule has 1 atom stereocenters. The van der Waals surface area contributed by atoms with Gasteiger partial charge in [0, 0.05) is 36.9 Å². The van der Waals surface area contributed by atoms with E-state index in [1.807, 2.05) is 12.3 Å². The van der Waals surface area contributed by atoms with Gasteiger partial charge >= 0.3 is 0 Å². The third-order valence-electron chi connectivity index (χ3n) is 4.27. The Balaban J connectivity index is 2.59. The van der Waals surface area contributed by atoms with Gasteiger partial charge in [-0.05, 0) is 32.0 Å². The van der Waals surface area contributed by atoms with Crippen LogP contribution in [0.2, 0.25) is 0 Å². The van der Waals surface area contributed by atoms with Crippen LogP contribution in [0.5, 0.6) is 0 Å². The molecule has 3 nitrogen and oxygen atoms in total. The molecule has 19 heavy (non-hydrogen) atoms.